The number of hydrogen-bond acceptors (Lipinski definition) is 4. The topological polar surface area (TPSA) is 46.0 Å². The Morgan fingerprint density at radius 3 is 2.73 bits per heavy atom. The van der Waals surface area contributed by atoms with E-state index in [1.807, 2.05) is 24.4 Å². The molecule has 136 valence electrons. The van der Waals surface area contributed by atoms with E-state index in [1.165, 1.54) is 5.69 Å². The zero-order valence-corrected chi connectivity index (χ0v) is 16.0. The molecule has 0 aliphatic carbocycles. The fourth-order valence-electron chi connectivity index (χ4n) is 3.60. The standard InChI is InChI=1S/C20H24ClN5/c1-14(2)19-24-18-17(25-10-8-22-9-11-25)6-7-23-20(18)26(19)13-15-4-3-5-16(21)12-15/h3-7,12,14,22H,8-11,13H2,1-2H3. The van der Waals surface area contributed by atoms with Crippen LogP contribution in [0.1, 0.15) is 31.2 Å². The number of fused-ring (bicyclic) bond motifs is 1. The fourth-order valence-corrected chi connectivity index (χ4v) is 3.81. The summed E-state index contributed by atoms with van der Waals surface area (Å²) in [6.07, 6.45) is 1.90. The smallest absolute Gasteiger partial charge is 0.162 e. The number of rotatable bonds is 4. The molecule has 0 atom stereocenters. The summed E-state index contributed by atoms with van der Waals surface area (Å²) in [5.74, 6) is 1.38. The maximum atomic E-state index is 6.18. The second-order valence-corrected chi connectivity index (χ2v) is 7.52. The average Bonchev–Trinajstić information content (AvgIpc) is 3.01. The van der Waals surface area contributed by atoms with Gasteiger partial charge in [0.1, 0.15) is 11.3 Å². The Kier molecular flexibility index (Phi) is 4.83. The lowest BCUT2D eigenvalue weighted by Crippen LogP contribution is -2.43. The third kappa shape index (κ3) is 3.29. The first-order valence-electron chi connectivity index (χ1n) is 9.18. The van der Waals surface area contributed by atoms with E-state index in [0.717, 1.165) is 60.3 Å². The lowest BCUT2D eigenvalue weighted by atomic mass is 10.2. The number of aromatic nitrogens is 3. The number of imidazole rings is 1. The first kappa shape index (κ1) is 17.3. The highest BCUT2D eigenvalue weighted by Crippen LogP contribution is 2.29. The van der Waals surface area contributed by atoms with Gasteiger partial charge in [0.05, 0.1) is 12.2 Å². The molecule has 2 aromatic heterocycles. The van der Waals surface area contributed by atoms with Crippen LogP contribution in [0.5, 0.6) is 0 Å². The minimum Gasteiger partial charge on any atom is -0.367 e. The van der Waals surface area contributed by atoms with Gasteiger partial charge in [-0.1, -0.05) is 37.6 Å². The highest BCUT2D eigenvalue weighted by atomic mass is 35.5. The monoisotopic (exact) mass is 369 g/mol. The van der Waals surface area contributed by atoms with Crippen LogP contribution in [0.2, 0.25) is 5.02 Å². The molecule has 6 heteroatoms. The molecule has 3 aromatic rings. The van der Waals surface area contributed by atoms with Gasteiger partial charge in [-0.15, -0.1) is 0 Å². The van der Waals surface area contributed by atoms with Crippen LogP contribution in [0.25, 0.3) is 11.2 Å². The van der Waals surface area contributed by atoms with Crippen LogP contribution in [-0.2, 0) is 6.54 Å². The summed E-state index contributed by atoms with van der Waals surface area (Å²) in [5, 5.41) is 4.17. The quantitative estimate of drug-likeness (QED) is 0.762. The maximum Gasteiger partial charge on any atom is 0.162 e. The molecule has 3 heterocycles. The Balaban J connectivity index is 1.81. The minimum atomic E-state index is 0.319. The van der Waals surface area contributed by atoms with Gasteiger partial charge in [-0.05, 0) is 23.8 Å². The molecule has 0 unspecified atom stereocenters. The summed E-state index contributed by atoms with van der Waals surface area (Å²) in [4.78, 5) is 12.1. The van der Waals surface area contributed by atoms with Crippen LogP contribution >= 0.6 is 11.6 Å². The van der Waals surface area contributed by atoms with Crippen molar-refractivity contribution in [3.05, 3.63) is 52.9 Å². The highest BCUT2D eigenvalue weighted by Gasteiger charge is 2.21. The van der Waals surface area contributed by atoms with E-state index >= 15 is 0 Å². The Hall–Kier alpha value is -2.11. The highest BCUT2D eigenvalue weighted by molar-refractivity contribution is 6.30. The van der Waals surface area contributed by atoms with Gasteiger partial charge in [0.25, 0.3) is 0 Å². The van der Waals surface area contributed by atoms with E-state index in [9.17, 15) is 0 Å². The number of nitrogens with one attached hydrogen (secondary N) is 1. The fraction of sp³-hybridized carbons (Fsp3) is 0.400. The van der Waals surface area contributed by atoms with Crippen molar-refractivity contribution in [3.8, 4) is 0 Å². The molecule has 1 fully saturated rings. The van der Waals surface area contributed by atoms with E-state index in [-0.39, 0.29) is 0 Å². The number of hydrogen-bond donors (Lipinski definition) is 1. The van der Waals surface area contributed by atoms with Crippen molar-refractivity contribution < 1.29 is 0 Å². The van der Waals surface area contributed by atoms with Crippen molar-refractivity contribution in [2.75, 3.05) is 31.1 Å². The van der Waals surface area contributed by atoms with Crippen LogP contribution in [0.15, 0.2) is 36.5 Å². The predicted molar refractivity (Wildman–Crippen MR) is 107 cm³/mol. The van der Waals surface area contributed by atoms with E-state index < -0.39 is 0 Å². The number of anilines is 1. The molecule has 1 aromatic carbocycles. The number of pyridine rings is 1. The van der Waals surface area contributed by atoms with Crippen molar-refractivity contribution in [1.29, 1.82) is 0 Å². The largest absolute Gasteiger partial charge is 0.367 e. The molecule has 26 heavy (non-hydrogen) atoms. The summed E-state index contributed by atoms with van der Waals surface area (Å²) >= 11 is 6.18. The number of benzene rings is 1. The molecule has 1 saturated heterocycles. The van der Waals surface area contributed by atoms with E-state index in [1.54, 1.807) is 0 Å². The van der Waals surface area contributed by atoms with Crippen molar-refractivity contribution in [2.24, 2.45) is 0 Å². The van der Waals surface area contributed by atoms with E-state index in [2.05, 4.69) is 45.7 Å². The maximum absolute atomic E-state index is 6.18. The average molecular weight is 370 g/mol. The molecular formula is C20H24ClN5. The normalized spacial score (nSPS) is 15.2. The molecule has 1 aliphatic heterocycles. The molecule has 4 rings (SSSR count). The Bertz CT molecular complexity index is 912. The molecule has 1 aliphatic rings. The number of nitrogens with zero attached hydrogens (tertiary/aromatic N) is 4. The summed E-state index contributed by atoms with van der Waals surface area (Å²) in [5.41, 5.74) is 4.29. The van der Waals surface area contributed by atoms with Crippen molar-refractivity contribution >= 4 is 28.5 Å². The third-order valence-electron chi connectivity index (χ3n) is 4.85. The van der Waals surface area contributed by atoms with Gasteiger partial charge in [0, 0.05) is 43.3 Å². The van der Waals surface area contributed by atoms with E-state index in [0.29, 0.717) is 5.92 Å². The van der Waals surface area contributed by atoms with Gasteiger partial charge in [-0.3, -0.25) is 0 Å². The first-order chi connectivity index (χ1) is 12.6. The molecule has 0 radical (unpaired) electrons. The summed E-state index contributed by atoms with van der Waals surface area (Å²) < 4.78 is 2.23. The SMILES string of the molecule is CC(C)c1nc2c(N3CCNCC3)ccnc2n1Cc1cccc(Cl)c1. The Morgan fingerprint density at radius 1 is 1.19 bits per heavy atom. The Morgan fingerprint density at radius 2 is 2.00 bits per heavy atom. The van der Waals surface area contributed by atoms with Gasteiger partial charge in [0.15, 0.2) is 5.65 Å². The summed E-state index contributed by atoms with van der Waals surface area (Å²) in [6, 6.07) is 10.1. The molecule has 5 nitrogen and oxygen atoms in total. The van der Waals surface area contributed by atoms with Gasteiger partial charge in [-0.2, -0.15) is 0 Å². The Labute approximate surface area is 159 Å². The van der Waals surface area contributed by atoms with Crippen LogP contribution in [0, 0.1) is 0 Å². The lowest BCUT2D eigenvalue weighted by Gasteiger charge is -2.29. The van der Waals surface area contributed by atoms with Crippen LogP contribution < -0.4 is 10.2 Å². The number of piperazine rings is 1. The molecule has 1 N–H and O–H groups in total. The van der Waals surface area contributed by atoms with Crippen LogP contribution in [0.4, 0.5) is 5.69 Å². The molecule has 0 spiro atoms. The lowest BCUT2D eigenvalue weighted by molar-refractivity contribution is 0.590. The zero-order chi connectivity index (χ0) is 18.1. The van der Waals surface area contributed by atoms with Crippen molar-refractivity contribution in [2.45, 2.75) is 26.3 Å². The van der Waals surface area contributed by atoms with Crippen molar-refractivity contribution in [3.63, 3.8) is 0 Å². The second-order valence-electron chi connectivity index (χ2n) is 7.08. The minimum absolute atomic E-state index is 0.319. The van der Waals surface area contributed by atoms with Gasteiger partial charge >= 0.3 is 0 Å². The zero-order valence-electron chi connectivity index (χ0n) is 15.2. The molecule has 0 saturated carbocycles. The molecule has 0 amide bonds. The van der Waals surface area contributed by atoms with E-state index in [4.69, 9.17) is 16.6 Å². The third-order valence-corrected chi connectivity index (χ3v) is 5.08. The van der Waals surface area contributed by atoms with Gasteiger partial charge in [-0.25, -0.2) is 9.97 Å². The summed E-state index contributed by atoms with van der Waals surface area (Å²) in [7, 11) is 0. The first-order valence-corrected chi connectivity index (χ1v) is 9.56. The number of halogens is 1. The molecular weight excluding hydrogens is 346 g/mol. The van der Waals surface area contributed by atoms with Crippen LogP contribution in [-0.4, -0.2) is 40.7 Å². The van der Waals surface area contributed by atoms with Gasteiger partial charge < -0.3 is 14.8 Å². The summed E-state index contributed by atoms with van der Waals surface area (Å²) in [6.45, 7) is 9.09. The predicted octanol–water partition coefficient (Wildman–Crippen LogP) is 3.67. The molecule has 0 bridgehead atoms. The van der Waals surface area contributed by atoms with Crippen molar-refractivity contribution in [1.82, 2.24) is 19.9 Å². The second kappa shape index (κ2) is 7.25. The van der Waals surface area contributed by atoms with Gasteiger partial charge in [0.2, 0.25) is 0 Å². The van der Waals surface area contributed by atoms with Crippen LogP contribution in [0.3, 0.4) is 0 Å².